The summed E-state index contributed by atoms with van der Waals surface area (Å²) in [6.07, 6.45) is 5.65. The van der Waals surface area contributed by atoms with Crippen molar-refractivity contribution < 1.29 is 4.74 Å². The molecule has 2 rings (SSSR count). The van der Waals surface area contributed by atoms with Crippen molar-refractivity contribution >= 4 is 28.8 Å². The van der Waals surface area contributed by atoms with Crippen LogP contribution in [0, 0.1) is 0 Å². The highest BCUT2D eigenvalue weighted by atomic mass is 32.1. The zero-order valence-electron chi connectivity index (χ0n) is 12.8. The van der Waals surface area contributed by atoms with Crippen LogP contribution in [0.4, 0.5) is 11.5 Å². The van der Waals surface area contributed by atoms with E-state index in [1.165, 1.54) is 19.3 Å². The zero-order chi connectivity index (χ0) is 15.1. The molecular formula is C15H24N4OS. The van der Waals surface area contributed by atoms with Crippen LogP contribution in [0.2, 0.25) is 0 Å². The van der Waals surface area contributed by atoms with E-state index in [-0.39, 0.29) is 0 Å². The Balaban J connectivity index is 1.88. The van der Waals surface area contributed by atoms with Gasteiger partial charge in [0.1, 0.15) is 5.82 Å². The third kappa shape index (κ3) is 4.82. The Morgan fingerprint density at radius 3 is 3.00 bits per heavy atom. The number of rotatable bonds is 5. The van der Waals surface area contributed by atoms with Gasteiger partial charge in [0, 0.05) is 26.2 Å². The second kappa shape index (κ2) is 8.14. The highest BCUT2D eigenvalue weighted by molar-refractivity contribution is 7.80. The van der Waals surface area contributed by atoms with Crippen LogP contribution in [0.15, 0.2) is 18.3 Å². The van der Waals surface area contributed by atoms with Crippen molar-refractivity contribution in [1.29, 1.82) is 0 Å². The van der Waals surface area contributed by atoms with E-state index < -0.39 is 0 Å². The maximum Gasteiger partial charge on any atom is 0.170 e. The lowest BCUT2D eigenvalue weighted by atomic mass is 10.0. The molecule has 0 aliphatic carbocycles. The number of hydrogen-bond donors (Lipinski definition) is 2. The highest BCUT2D eigenvalue weighted by Gasteiger charge is 2.19. The Bertz CT molecular complexity index is 451. The molecule has 1 aliphatic heterocycles. The predicted octanol–water partition coefficient (Wildman–Crippen LogP) is 2.39. The lowest BCUT2D eigenvalue weighted by Gasteiger charge is -2.34. The maximum atomic E-state index is 5.21. The lowest BCUT2D eigenvalue weighted by Crippen LogP contribution is -2.38. The Kier molecular flexibility index (Phi) is 6.20. The number of nitrogens with one attached hydrogen (secondary N) is 2. The molecular weight excluding hydrogens is 284 g/mol. The van der Waals surface area contributed by atoms with E-state index in [4.69, 9.17) is 17.0 Å². The molecule has 0 spiro atoms. The molecule has 2 heterocycles. The molecule has 2 N–H and O–H groups in total. The number of piperidine rings is 1. The van der Waals surface area contributed by atoms with Gasteiger partial charge in [-0.15, -0.1) is 0 Å². The molecule has 0 radical (unpaired) electrons. The third-order valence-corrected chi connectivity index (χ3v) is 3.94. The van der Waals surface area contributed by atoms with Crippen LogP contribution in [-0.2, 0) is 4.74 Å². The molecule has 0 amide bonds. The van der Waals surface area contributed by atoms with Gasteiger partial charge in [-0.05, 0) is 50.5 Å². The fourth-order valence-electron chi connectivity index (χ4n) is 2.51. The van der Waals surface area contributed by atoms with Gasteiger partial charge in [-0.1, -0.05) is 0 Å². The van der Waals surface area contributed by atoms with E-state index in [0.29, 0.717) is 24.3 Å². The molecule has 6 heteroatoms. The average molecular weight is 308 g/mol. The third-order valence-electron chi connectivity index (χ3n) is 3.69. The topological polar surface area (TPSA) is 49.4 Å². The first kappa shape index (κ1) is 16.0. The van der Waals surface area contributed by atoms with Crippen molar-refractivity contribution in [3.05, 3.63) is 18.3 Å². The number of thiocarbonyl (C=S) groups is 1. The van der Waals surface area contributed by atoms with E-state index in [0.717, 1.165) is 18.1 Å². The summed E-state index contributed by atoms with van der Waals surface area (Å²) >= 11 is 5.21. The molecule has 1 atom stereocenters. The molecule has 116 valence electrons. The Hall–Kier alpha value is -1.40. The van der Waals surface area contributed by atoms with Crippen LogP contribution in [0.25, 0.3) is 0 Å². The summed E-state index contributed by atoms with van der Waals surface area (Å²) in [5.41, 5.74) is 0.901. The van der Waals surface area contributed by atoms with Crippen LogP contribution >= 0.6 is 12.2 Å². The van der Waals surface area contributed by atoms with Gasteiger partial charge in [0.25, 0.3) is 0 Å². The summed E-state index contributed by atoms with van der Waals surface area (Å²) in [5, 5.41) is 6.79. The van der Waals surface area contributed by atoms with Crippen molar-refractivity contribution in [2.24, 2.45) is 0 Å². The summed E-state index contributed by atoms with van der Waals surface area (Å²) in [5.74, 6) is 1.05. The SMILES string of the molecule is COCCNC(=S)Nc1ccc(N2CCCC[C@H]2C)nc1. The number of hydrogen-bond acceptors (Lipinski definition) is 4. The van der Waals surface area contributed by atoms with Crippen LogP contribution in [0.3, 0.4) is 0 Å². The standard InChI is InChI=1S/C15H24N4OS/c1-12-5-3-4-9-19(12)14-7-6-13(11-17-14)18-15(21)16-8-10-20-2/h6-7,11-12H,3-5,8-10H2,1-2H3,(H2,16,18,21)/t12-/m1/s1. The maximum absolute atomic E-state index is 5.21. The summed E-state index contributed by atoms with van der Waals surface area (Å²) in [4.78, 5) is 6.93. The number of ether oxygens (including phenoxy) is 1. The monoisotopic (exact) mass is 308 g/mol. The first-order chi connectivity index (χ1) is 10.2. The van der Waals surface area contributed by atoms with E-state index in [1.54, 1.807) is 7.11 Å². The molecule has 0 unspecified atom stereocenters. The quantitative estimate of drug-likeness (QED) is 0.643. The normalized spacial score (nSPS) is 18.4. The van der Waals surface area contributed by atoms with Gasteiger partial charge < -0.3 is 20.3 Å². The average Bonchev–Trinajstić information content (AvgIpc) is 2.49. The minimum Gasteiger partial charge on any atom is -0.383 e. The Morgan fingerprint density at radius 2 is 2.33 bits per heavy atom. The largest absolute Gasteiger partial charge is 0.383 e. The van der Waals surface area contributed by atoms with Crippen LogP contribution in [0.1, 0.15) is 26.2 Å². The van der Waals surface area contributed by atoms with E-state index >= 15 is 0 Å². The number of methoxy groups -OCH3 is 1. The molecule has 0 bridgehead atoms. The molecule has 1 aliphatic rings. The van der Waals surface area contributed by atoms with Crippen molar-refractivity contribution in [3.8, 4) is 0 Å². The predicted molar refractivity (Wildman–Crippen MR) is 91.0 cm³/mol. The van der Waals surface area contributed by atoms with Gasteiger partial charge in [0.15, 0.2) is 5.11 Å². The van der Waals surface area contributed by atoms with Gasteiger partial charge >= 0.3 is 0 Å². The fraction of sp³-hybridized carbons (Fsp3) is 0.600. The van der Waals surface area contributed by atoms with Crippen molar-refractivity contribution in [2.45, 2.75) is 32.2 Å². The molecule has 21 heavy (non-hydrogen) atoms. The summed E-state index contributed by atoms with van der Waals surface area (Å²) in [6.45, 7) is 4.69. The van der Waals surface area contributed by atoms with Gasteiger partial charge in [0.2, 0.25) is 0 Å². The number of nitrogens with zero attached hydrogens (tertiary/aromatic N) is 2. The van der Waals surface area contributed by atoms with Crippen molar-refractivity contribution in [1.82, 2.24) is 10.3 Å². The van der Waals surface area contributed by atoms with Gasteiger partial charge in [-0.2, -0.15) is 0 Å². The molecule has 1 aromatic heterocycles. The summed E-state index contributed by atoms with van der Waals surface area (Å²) in [7, 11) is 1.67. The first-order valence-corrected chi connectivity index (χ1v) is 7.88. The minimum absolute atomic E-state index is 0.571. The second-order valence-corrected chi connectivity index (χ2v) is 5.73. The summed E-state index contributed by atoms with van der Waals surface area (Å²) < 4.78 is 4.97. The van der Waals surface area contributed by atoms with E-state index in [2.05, 4.69) is 33.5 Å². The molecule has 5 nitrogen and oxygen atoms in total. The molecule has 1 saturated heterocycles. The molecule has 0 aromatic carbocycles. The van der Waals surface area contributed by atoms with Gasteiger partial charge in [-0.25, -0.2) is 4.98 Å². The van der Waals surface area contributed by atoms with Crippen LogP contribution < -0.4 is 15.5 Å². The number of pyridine rings is 1. The number of anilines is 2. The van der Waals surface area contributed by atoms with Gasteiger partial charge in [0.05, 0.1) is 18.5 Å². The highest BCUT2D eigenvalue weighted by Crippen LogP contribution is 2.23. The Morgan fingerprint density at radius 1 is 1.48 bits per heavy atom. The van der Waals surface area contributed by atoms with Crippen LogP contribution in [0.5, 0.6) is 0 Å². The summed E-state index contributed by atoms with van der Waals surface area (Å²) in [6, 6.07) is 4.65. The Labute approximate surface area is 132 Å². The fourth-order valence-corrected chi connectivity index (χ4v) is 2.73. The minimum atomic E-state index is 0.571. The lowest BCUT2D eigenvalue weighted by molar-refractivity contribution is 0.204. The second-order valence-electron chi connectivity index (χ2n) is 5.32. The van der Waals surface area contributed by atoms with E-state index in [1.807, 2.05) is 12.3 Å². The number of aromatic nitrogens is 1. The van der Waals surface area contributed by atoms with Crippen molar-refractivity contribution in [2.75, 3.05) is 37.0 Å². The van der Waals surface area contributed by atoms with E-state index in [9.17, 15) is 0 Å². The van der Waals surface area contributed by atoms with Crippen LogP contribution in [-0.4, -0.2) is 42.9 Å². The smallest absolute Gasteiger partial charge is 0.170 e. The molecule has 0 saturated carbocycles. The zero-order valence-corrected chi connectivity index (χ0v) is 13.6. The first-order valence-electron chi connectivity index (χ1n) is 7.47. The van der Waals surface area contributed by atoms with Gasteiger partial charge in [-0.3, -0.25) is 0 Å². The molecule has 1 aromatic rings. The van der Waals surface area contributed by atoms with Crippen molar-refractivity contribution in [3.63, 3.8) is 0 Å². The molecule has 1 fully saturated rings.